The van der Waals surface area contributed by atoms with Crippen LogP contribution < -0.4 is 0 Å². The first-order chi connectivity index (χ1) is 6.35. The first-order valence-corrected chi connectivity index (χ1v) is 7.28. The molecule has 0 N–H and O–H groups in total. The summed E-state index contributed by atoms with van der Waals surface area (Å²) in [7, 11) is -7.18. The van der Waals surface area contributed by atoms with E-state index in [-0.39, 0.29) is 12.4 Å². The van der Waals surface area contributed by atoms with Gasteiger partial charge in [0.05, 0.1) is 12.4 Å². The van der Waals surface area contributed by atoms with Gasteiger partial charge in [0.1, 0.15) is 11.9 Å². The fraction of sp³-hybridized carbons (Fsp3) is 1.00. The molecule has 1 aliphatic rings. The van der Waals surface area contributed by atoms with Crippen LogP contribution in [-0.4, -0.2) is 41.1 Å². The topological polar surface area (TPSA) is 86.7 Å². The van der Waals surface area contributed by atoms with Gasteiger partial charge in [0, 0.05) is 0 Å². The molecule has 8 heteroatoms. The van der Waals surface area contributed by atoms with E-state index in [2.05, 4.69) is 8.37 Å². The van der Waals surface area contributed by atoms with Gasteiger partial charge in [-0.15, -0.1) is 0 Å². The molecule has 1 unspecified atom stereocenters. The van der Waals surface area contributed by atoms with Gasteiger partial charge in [-0.25, -0.2) is 0 Å². The molecule has 0 amide bonds. The standard InChI is InChI=1S/C6H12O6S2/c1-2-3-13(7,8)12-6-4-11-14(9,10)5-6/h6H,2-5H2,1H3. The Morgan fingerprint density at radius 1 is 1.50 bits per heavy atom. The van der Waals surface area contributed by atoms with Crippen LogP contribution in [-0.2, 0) is 28.6 Å². The molecule has 1 atom stereocenters. The van der Waals surface area contributed by atoms with Crippen molar-refractivity contribution in [2.75, 3.05) is 18.1 Å². The van der Waals surface area contributed by atoms with Crippen molar-refractivity contribution in [1.82, 2.24) is 0 Å². The van der Waals surface area contributed by atoms with Crippen molar-refractivity contribution in [2.45, 2.75) is 19.4 Å². The largest absolute Gasteiger partial charge is 0.270 e. The summed E-state index contributed by atoms with van der Waals surface area (Å²) in [5, 5.41) is 0. The average molecular weight is 244 g/mol. The summed E-state index contributed by atoms with van der Waals surface area (Å²) >= 11 is 0. The second-order valence-corrected chi connectivity index (χ2v) is 6.39. The first kappa shape index (κ1) is 11.9. The van der Waals surface area contributed by atoms with Crippen LogP contribution in [0.5, 0.6) is 0 Å². The maximum absolute atomic E-state index is 11.1. The predicted molar refractivity (Wildman–Crippen MR) is 48.7 cm³/mol. The Kier molecular flexibility index (Phi) is 3.51. The van der Waals surface area contributed by atoms with E-state index in [1.165, 1.54) is 0 Å². The van der Waals surface area contributed by atoms with Crippen LogP contribution in [0.3, 0.4) is 0 Å². The third-order valence-corrected chi connectivity index (χ3v) is 4.31. The molecular weight excluding hydrogens is 232 g/mol. The Morgan fingerprint density at radius 3 is 2.57 bits per heavy atom. The Morgan fingerprint density at radius 2 is 2.14 bits per heavy atom. The van der Waals surface area contributed by atoms with Crippen molar-refractivity contribution in [2.24, 2.45) is 0 Å². The Hall–Kier alpha value is -0.180. The zero-order chi connectivity index (χ0) is 10.8. The second kappa shape index (κ2) is 4.13. The van der Waals surface area contributed by atoms with E-state index in [1.54, 1.807) is 6.92 Å². The molecular formula is C6H12O6S2. The molecule has 0 aromatic carbocycles. The molecule has 0 aliphatic carbocycles. The van der Waals surface area contributed by atoms with Gasteiger partial charge in [-0.05, 0) is 6.42 Å². The van der Waals surface area contributed by atoms with Gasteiger partial charge < -0.3 is 0 Å². The van der Waals surface area contributed by atoms with Crippen molar-refractivity contribution in [1.29, 1.82) is 0 Å². The SMILES string of the molecule is CCCS(=O)(=O)OC1COS(=O)(=O)C1. The first-order valence-electron chi connectivity index (χ1n) is 4.13. The lowest BCUT2D eigenvalue weighted by molar-refractivity contribution is 0.185. The summed E-state index contributed by atoms with van der Waals surface area (Å²) in [4.78, 5) is 0. The van der Waals surface area contributed by atoms with Gasteiger partial charge in [0.25, 0.3) is 20.2 Å². The third-order valence-electron chi connectivity index (χ3n) is 1.56. The molecule has 1 fully saturated rings. The monoisotopic (exact) mass is 244 g/mol. The lowest BCUT2D eigenvalue weighted by atomic mass is 10.5. The molecule has 6 nitrogen and oxygen atoms in total. The molecule has 1 saturated heterocycles. The molecule has 84 valence electrons. The summed E-state index contributed by atoms with van der Waals surface area (Å²) < 4.78 is 52.8. The lowest BCUT2D eigenvalue weighted by Crippen LogP contribution is -2.23. The number of hydrogen-bond donors (Lipinski definition) is 0. The molecule has 1 rings (SSSR count). The average Bonchev–Trinajstić information content (AvgIpc) is 2.28. The van der Waals surface area contributed by atoms with Crippen LogP contribution >= 0.6 is 0 Å². The van der Waals surface area contributed by atoms with Crippen molar-refractivity contribution in [3.63, 3.8) is 0 Å². The summed E-state index contributed by atoms with van der Waals surface area (Å²) in [5.74, 6) is -0.501. The highest BCUT2D eigenvalue weighted by Gasteiger charge is 2.33. The lowest BCUT2D eigenvalue weighted by Gasteiger charge is -2.07. The van der Waals surface area contributed by atoms with Crippen LogP contribution in [0.25, 0.3) is 0 Å². The minimum atomic E-state index is -3.61. The molecule has 1 aliphatic heterocycles. The molecule has 14 heavy (non-hydrogen) atoms. The summed E-state index contributed by atoms with van der Waals surface area (Å²) in [6, 6.07) is 0. The van der Waals surface area contributed by atoms with E-state index >= 15 is 0 Å². The molecule has 0 aromatic heterocycles. The van der Waals surface area contributed by atoms with E-state index < -0.39 is 32.1 Å². The van der Waals surface area contributed by atoms with E-state index in [0.717, 1.165) is 0 Å². The van der Waals surface area contributed by atoms with Crippen LogP contribution in [0.15, 0.2) is 0 Å². The summed E-state index contributed by atoms with van der Waals surface area (Å²) in [6.07, 6.45) is -0.459. The van der Waals surface area contributed by atoms with Gasteiger partial charge in [0.15, 0.2) is 0 Å². The normalized spacial score (nSPS) is 26.5. The predicted octanol–water partition coefficient (Wildman–Crippen LogP) is -0.529. The van der Waals surface area contributed by atoms with Crippen LogP contribution in [0, 0.1) is 0 Å². The molecule has 0 spiro atoms. The minimum Gasteiger partial charge on any atom is -0.267 e. The van der Waals surface area contributed by atoms with E-state index in [0.29, 0.717) is 6.42 Å². The molecule has 0 radical (unpaired) electrons. The van der Waals surface area contributed by atoms with Gasteiger partial charge in [-0.3, -0.25) is 8.37 Å². The molecule has 1 heterocycles. The minimum absolute atomic E-state index is 0.108. The van der Waals surface area contributed by atoms with Gasteiger partial charge in [0.2, 0.25) is 0 Å². The Balaban J connectivity index is 2.56. The highest BCUT2D eigenvalue weighted by atomic mass is 32.2. The van der Waals surface area contributed by atoms with Crippen molar-refractivity contribution >= 4 is 20.2 Å². The highest BCUT2D eigenvalue weighted by molar-refractivity contribution is 7.87. The van der Waals surface area contributed by atoms with Gasteiger partial charge in [-0.1, -0.05) is 6.92 Å². The van der Waals surface area contributed by atoms with Crippen LogP contribution in [0.4, 0.5) is 0 Å². The molecule has 0 saturated carbocycles. The zero-order valence-electron chi connectivity index (χ0n) is 7.67. The Labute approximate surface area is 83.5 Å². The van der Waals surface area contributed by atoms with Crippen LogP contribution in [0.2, 0.25) is 0 Å². The third kappa shape index (κ3) is 3.52. The van der Waals surface area contributed by atoms with Crippen molar-refractivity contribution < 1.29 is 25.2 Å². The fourth-order valence-electron chi connectivity index (χ4n) is 1.06. The Bertz CT molecular complexity index is 381. The molecule has 0 aromatic rings. The maximum Gasteiger partial charge on any atom is 0.270 e. The fourth-order valence-corrected chi connectivity index (χ4v) is 3.36. The maximum atomic E-state index is 11.1. The van der Waals surface area contributed by atoms with Crippen LogP contribution in [0.1, 0.15) is 13.3 Å². The van der Waals surface area contributed by atoms with Gasteiger partial charge >= 0.3 is 0 Å². The molecule has 0 bridgehead atoms. The van der Waals surface area contributed by atoms with Crippen molar-refractivity contribution in [3.8, 4) is 0 Å². The van der Waals surface area contributed by atoms with E-state index in [1.807, 2.05) is 0 Å². The smallest absolute Gasteiger partial charge is 0.267 e. The van der Waals surface area contributed by atoms with E-state index in [4.69, 9.17) is 0 Å². The van der Waals surface area contributed by atoms with E-state index in [9.17, 15) is 16.8 Å². The second-order valence-electron chi connectivity index (χ2n) is 2.99. The summed E-state index contributed by atoms with van der Waals surface area (Å²) in [5.41, 5.74) is 0. The highest BCUT2D eigenvalue weighted by Crippen LogP contribution is 2.14. The zero-order valence-corrected chi connectivity index (χ0v) is 9.30. The number of hydrogen-bond acceptors (Lipinski definition) is 6. The summed E-state index contributed by atoms with van der Waals surface area (Å²) in [6.45, 7) is 1.48. The van der Waals surface area contributed by atoms with Crippen molar-refractivity contribution in [3.05, 3.63) is 0 Å². The van der Waals surface area contributed by atoms with Gasteiger partial charge in [-0.2, -0.15) is 16.8 Å². The number of rotatable bonds is 4. The quantitative estimate of drug-likeness (QED) is 0.618.